The van der Waals surface area contributed by atoms with Gasteiger partial charge >= 0.3 is 5.97 Å². The number of benzene rings is 1. The van der Waals surface area contributed by atoms with Crippen molar-refractivity contribution in [3.05, 3.63) is 34.9 Å². The number of rotatable bonds is 2. The van der Waals surface area contributed by atoms with E-state index in [2.05, 4.69) is 16.8 Å². The highest BCUT2D eigenvalue weighted by molar-refractivity contribution is 6.30. The van der Waals surface area contributed by atoms with Crippen LogP contribution in [0.5, 0.6) is 0 Å². The molecule has 2 atom stereocenters. The van der Waals surface area contributed by atoms with Crippen molar-refractivity contribution < 1.29 is 9.53 Å². The molecule has 2 fully saturated rings. The second-order valence-corrected chi connectivity index (χ2v) is 6.00. The maximum Gasteiger partial charge on any atom is 0.324 e. The van der Waals surface area contributed by atoms with E-state index in [-0.39, 0.29) is 42.9 Å². The number of nitrogens with zero attached hydrogens (tertiary/aromatic N) is 2. The van der Waals surface area contributed by atoms with Gasteiger partial charge in [0.05, 0.1) is 0 Å². The fraction of sp³-hybridized carbons (Fsp3) is 0.533. The number of hydrogen-bond donors (Lipinski definition) is 0. The Morgan fingerprint density at radius 2 is 1.68 bits per heavy atom. The molecular weight excluding hydrogens is 347 g/mol. The lowest BCUT2D eigenvalue weighted by atomic mass is 10.0. The molecule has 0 N–H and O–H groups in total. The maximum absolute atomic E-state index is 12.1. The van der Waals surface area contributed by atoms with Crippen LogP contribution in [-0.4, -0.2) is 55.0 Å². The van der Waals surface area contributed by atoms with Gasteiger partial charge in [-0.2, -0.15) is 0 Å². The molecular formula is C15H21Cl3N2O2. The summed E-state index contributed by atoms with van der Waals surface area (Å²) in [4.78, 5) is 16.6. The van der Waals surface area contributed by atoms with Crippen LogP contribution in [0.25, 0.3) is 0 Å². The van der Waals surface area contributed by atoms with Crippen molar-refractivity contribution in [1.29, 1.82) is 0 Å². The highest BCUT2D eigenvalue weighted by atomic mass is 35.5. The Kier molecular flexibility index (Phi) is 7.42. The number of piperazine rings is 1. The highest BCUT2D eigenvalue weighted by Gasteiger charge is 2.39. The maximum atomic E-state index is 12.1. The minimum atomic E-state index is -0.135. The molecule has 1 aromatic carbocycles. The minimum Gasteiger partial charge on any atom is -0.456 e. The predicted octanol–water partition coefficient (Wildman–Crippen LogP) is 2.79. The summed E-state index contributed by atoms with van der Waals surface area (Å²) in [5, 5.41) is 0.702. The van der Waals surface area contributed by atoms with E-state index in [1.807, 2.05) is 24.3 Å². The molecule has 4 nitrogen and oxygen atoms in total. The van der Waals surface area contributed by atoms with Gasteiger partial charge in [0.1, 0.15) is 12.1 Å². The fourth-order valence-electron chi connectivity index (χ4n) is 2.88. The zero-order chi connectivity index (χ0) is 14.1. The average molecular weight is 368 g/mol. The van der Waals surface area contributed by atoms with E-state index >= 15 is 0 Å². The third kappa shape index (κ3) is 4.27. The fourth-order valence-corrected chi connectivity index (χ4v) is 3.01. The first-order valence-corrected chi connectivity index (χ1v) is 7.40. The number of halogens is 3. The Morgan fingerprint density at radius 1 is 1.09 bits per heavy atom. The standard InChI is InChI=1S/C15H19ClN2O2.2ClH/c1-17-6-8-18(9-7-17)13-10-14(20-15(13)19)11-2-4-12(16)5-3-11;;/h2-5,13-14H,6-10H2,1H3;2*1H. The second-order valence-electron chi connectivity index (χ2n) is 5.57. The van der Waals surface area contributed by atoms with Crippen LogP contribution in [0.15, 0.2) is 24.3 Å². The molecule has 2 aliphatic heterocycles. The molecule has 124 valence electrons. The first-order valence-electron chi connectivity index (χ1n) is 7.02. The van der Waals surface area contributed by atoms with Crippen LogP contribution in [0.2, 0.25) is 5.02 Å². The van der Waals surface area contributed by atoms with E-state index in [1.54, 1.807) is 0 Å². The number of hydrogen-bond acceptors (Lipinski definition) is 4. The summed E-state index contributed by atoms with van der Waals surface area (Å²) in [7, 11) is 2.11. The van der Waals surface area contributed by atoms with E-state index in [1.165, 1.54) is 0 Å². The van der Waals surface area contributed by atoms with E-state index in [4.69, 9.17) is 16.3 Å². The van der Waals surface area contributed by atoms with Gasteiger partial charge in [0, 0.05) is 37.6 Å². The van der Waals surface area contributed by atoms with Crippen LogP contribution >= 0.6 is 36.4 Å². The zero-order valence-corrected chi connectivity index (χ0v) is 14.8. The molecule has 0 bridgehead atoms. The zero-order valence-electron chi connectivity index (χ0n) is 12.4. The Balaban J connectivity index is 0.00000121. The molecule has 2 heterocycles. The van der Waals surface area contributed by atoms with E-state index in [0.717, 1.165) is 38.2 Å². The Hall–Kier alpha value is -0.520. The second kappa shape index (κ2) is 8.37. The molecule has 0 amide bonds. The van der Waals surface area contributed by atoms with E-state index < -0.39 is 0 Å². The SMILES string of the molecule is CN1CCN(C2CC(c3ccc(Cl)cc3)OC2=O)CC1.Cl.Cl. The van der Waals surface area contributed by atoms with Crippen LogP contribution in [0, 0.1) is 0 Å². The first kappa shape index (κ1) is 19.5. The summed E-state index contributed by atoms with van der Waals surface area (Å²) in [6, 6.07) is 7.46. The lowest BCUT2D eigenvalue weighted by molar-refractivity contribution is -0.145. The third-order valence-corrected chi connectivity index (χ3v) is 4.44. The molecule has 3 rings (SSSR count). The molecule has 22 heavy (non-hydrogen) atoms. The van der Waals surface area contributed by atoms with Crippen molar-refractivity contribution in [1.82, 2.24) is 9.80 Å². The number of carbonyl (C=O) groups is 1. The Bertz CT molecular complexity index is 490. The lowest BCUT2D eigenvalue weighted by Gasteiger charge is -2.34. The van der Waals surface area contributed by atoms with E-state index in [0.29, 0.717) is 5.02 Å². The van der Waals surface area contributed by atoms with Crippen LogP contribution < -0.4 is 0 Å². The van der Waals surface area contributed by atoms with Gasteiger partial charge in [-0.1, -0.05) is 23.7 Å². The summed E-state index contributed by atoms with van der Waals surface area (Å²) in [6.07, 6.45) is 0.605. The van der Waals surface area contributed by atoms with Crippen molar-refractivity contribution in [2.45, 2.75) is 18.6 Å². The van der Waals surface area contributed by atoms with Gasteiger partial charge in [0.25, 0.3) is 0 Å². The molecule has 7 heteroatoms. The lowest BCUT2D eigenvalue weighted by Crippen LogP contribution is -2.50. The third-order valence-electron chi connectivity index (χ3n) is 4.19. The molecule has 0 spiro atoms. The molecule has 0 saturated carbocycles. The van der Waals surface area contributed by atoms with Gasteiger partial charge in [-0.05, 0) is 24.7 Å². The van der Waals surface area contributed by atoms with Crippen LogP contribution in [0.3, 0.4) is 0 Å². The summed E-state index contributed by atoms with van der Waals surface area (Å²) in [5.74, 6) is -0.0884. The summed E-state index contributed by atoms with van der Waals surface area (Å²) in [5.41, 5.74) is 1.03. The van der Waals surface area contributed by atoms with Gasteiger partial charge < -0.3 is 9.64 Å². The van der Waals surface area contributed by atoms with Gasteiger partial charge in [0.15, 0.2) is 0 Å². The van der Waals surface area contributed by atoms with E-state index in [9.17, 15) is 4.79 Å². The van der Waals surface area contributed by atoms with Crippen molar-refractivity contribution in [2.24, 2.45) is 0 Å². The number of esters is 1. The molecule has 2 aliphatic rings. The number of likely N-dealkylation sites (N-methyl/N-ethyl adjacent to an activating group) is 1. The number of carbonyl (C=O) groups excluding carboxylic acids is 1. The van der Waals surface area contributed by atoms with Crippen molar-refractivity contribution in [2.75, 3.05) is 33.2 Å². The summed E-state index contributed by atoms with van der Waals surface area (Å²) >= 11 is 5.89. The van der Waals surface area contributed by atoms with Crippen molar-refractivity contribution in [3.8, 4) is 0 Å². The molecule has 2 saturated heterocycles. The Morgan fingerprint density at radius 3 is 2.27 bits per heavy atom. The highest BCUT2D eigenvalue weighted by Crippen LogP contribution is 2.33. The van der Waals surface area contributed by atoms with Crippen LogP contribution in [-0.2, 0) is 9.53 Å². The molecule has 0 aliphatic carbocycles. The number of cyclic esters (lactones) is 1. The van der Waals surface area contributed by atoms with Gasteiger partial charge in [-0.25, -0.2) is 0 Å². The Labute approximate surface area is 148 Å². The number of ether oxygens (including phenoxy) is 1. The van der Waals surface area contributed by atoms with Gasteiger partial charge in [-0.3, -0.25) is 9.69 Å². The van der Waals surface area contributed by atoms with Crippen molar-refractivity contribution in [3.63, 3.8) is 0 Å². The van der Waals surface area contributed by atoms with Gasteiger partial charge in [0.2, 0.25) is 0 Å². The first-order chi connectivity index (χ1) is 9.63. The smallest absolute Gasteiger partial charge is 0.324 e. The molecule has 0 radical (unpaired) electrons. The average Bonchev–Trinajstić information content (AvgIpc) is 2.82. The predicted molar refractivity (Wildman–Crippen MR) is 92.3 cm³/mol. The van der Waals surface area contributed by atoms with Crippen LogP contribution in [0.4, 0.5) is 0 Å². The van der Waals surface area contributed by atoms with Crippen LogP contribution in [0.1, 0.15) is 18.1 Å². The molecule has 2 unspecified atom stereocenters. The topological polar surface area (TPSA) is 32.8 Å². The minimum absolute atomic E-state index is 0. The molecule has 1 aromatic rings. The normalized spacial score (nSPS) is 26.0. The van der Waals surface area contributed by atoms with Crippen molar-refractivity contribution >= 4 is 42.4 Å². The molecule has 0 aromatic heterocycles. The summed E-state index contributed by atoms with van der Waals surface area (Å²) in [6.45, 7) is 3.89. The summed E-state index contributed by atoms with van der Waals surface area (Å²) < 4.78 is 5.54. The van der Waals surface area contributed by atoms with Gasteiger partial charge in [-0.15, -0.1) is 24.8 Å². The largest absolute Gasteiger partial charge is 0.456 e. The quantitative estimate of drug-likeness (QED) is 0.753. The monoisotopic (exact) mass is 366 g/mol.